The molecule has 1 saturated heterocycles. The van der Waals surface area contributed by atoms with Crippen molar-refractivity contribution in [2.45, 2.75) is 58.8 Å². The quantitative estimate of drug-likeness (QED) is 0.550. The third-order valence-corrected chi connectivity index (χ3v) is 6.85. The van der Waals surface area contributed by atoms with Gasteiger partial charge in [0.05, 0.1) is 0 Å². The second-order valence-corrected chi connectivity index (χ2v) is 7.83. The number of hydrogen-bond acceptors (Lipinski definition) is 1. The number of allylic oxidation sites excluding steroid dienone is 1. The van der Waals surface area contributed by atoms with Gasteiger partial charge in [-0.15, -0.1) is 9.13 Å². The number of nitrogens with zero attached hydrogens (tertiary/aromatic N) is 3. The highest BCUT2D eigenvalue weighted by molar-refractivity contribution is 5.53. The molecule has 4 unspecified atom stereocenters. The van der Waals surface area contributed by atoms with Crippen molar-refractivity contribution in [1.29, 1.82) is 0 Å². The van der Waals surface area contributed by atoms with Gasteiger partial charge in [0.25, 0.3) is 11.4 Å². The number of fused-ring (bicyclic) bond motifs is 7. The molecule has 1 spiro atoms. The molecule has 142 valence electrons. The van der Waals surface area contributed by atoms with Gasteiger partial charge in [-0.1, -0.05) is 32.9 Å². The van der Waals surface area contributed by atoms with Crippen LogP contribution < -0.4 is 9.13 Å². The molecule has 3 nitrogen and oxygen atoms in total. The van der Waals surface area contributed by atoms with Gasteiger partial charge in [-0.05, 0) is 38.3 Å². The fraction of sp³-hybridized carbons (Fsp3) is 0.500. The Hall–Kier alpha value is -2.00. The number of hydrogen-bond donors (Lipinski definition) is 0. The third kappa shape index (κ3) is 2.24. The summed E-state index contributed by atoms with van der Waals surface area (Å²) in [6.45, 7) is 8.58. The van der Waals surface area contributed by atoms with Crippen LogP contribution in [-0.2, 0) is 5.79 Å². The Bertz CT molecular complexity index is 872. The maximum Gasteiger partial charge on any atom is 0.432 e. The van der Waals surface area contributed by atoms with Crippen LogP contribution in [0.5, 0.6) is 0 Å². The van der Waals surface area contributed by atoms with E-state index in [2.05, 4.69) is 89.8 Å². The molecule has 0 amide bonds. The average molecular weight is 364 g/mol. The molecule has 5 rings (SSSR count). The zero-order chi connectivity index (χ0) is 19.2. The molecule has 2 aliphatic heterocycles. The van der Waals surface area contributed by atoms with Gasteiger partial charge in [-0.2, -0.15) is 4.90 Å². The summed E-state index contributed by atoms with van der Waals surface area (Å²) in [5.74, 6) is 1.11. The molecule has 1 fully saturated rings. The lowest BCUT2D eigenvalue weighted by atomic mass is 9.79. The minimum atomic E-state index is -0.117. The summed E-state index contributed by atoms with van der Waals surface area (Å²) in [5.41, 5.74) is 4.08. The van der Waals surface area contributed by atoms with Gasteiger partial charge in [0.1, 0.15) is 5.92 Å². The van der Waals surface area contributed by atoms with Crippen LogP contribution in [0.2, 0.25) is 0 Å². The van der Waals surface area contributed by atoms with Crippen molar-refractivity contribution in [1.82, 2.24) is 4.90 Å². The second kappa shape index (κ2) is 6.87. The Morgan fingerprint density at radius 1 is 1.11 bits per heavy atom. The second-order valence-electron chi connectivity index (χ2n) is 7.83. The number of likely N-dealkylation sites (tertiary alicyclic amines) is 1. The predicted octanol–water partition coefficient (Wildman–Crippen LogP) is 4.04. The predicted molar refractivity (Wildman–Crippen MR) is 109 cm³/mol. The maximum atomic E-state index is 2.66. The Balaban J connectivity index is 0.000000872. The van der Waals surface area contributed by atoms with Crippen LogP contribution >= 0.6 is 0 Å². The summed E-state index contributed by atoms with van der Waals surface area (Å²) in [7, 11) is 2.34. The molecule has 2 aromatic rings. The van der Waals surface area contributed by atoms with Crippen LogP contribution in [0.25, 0.3) is 11.4 Å². The normalized spacial score (nSPS) is 30.5. The zero-order valence-electron chi connectivity index (χ0n) is 17.4. The molecule has 2 aromatic heterocycles. The summed E-state index contributed by atoms with van der Waals surface area (Å²) in [4.78, 5) is 2.66. The van der Waals surface area contributed by atoms with Crippen molar-refractivity contribution < 1.29 is 9.13 Å². The van der Waals surface area contributed by atoms with E-state index >= 15 is 0 Å². The standard InChI is InChI=1S/C22H27N3.C2H6/c1-4-19-17-11-5-6-12-18(17)22(23(19)3)24-14-8-7-13-20(24)21-16(2)10-9-15-25(21)22;1-2/h5,7-11,13-15,17-19H,4,6,12H2,1-3H3;1-2H3/q+2;. The van der Waals surface area contributed by atoms with Gasteiger partial charge in [-0.3, -0.25) is 0 Å². The highest BCUT2D eigenvalue weighted by Crippen LogP contribution is 2.49. The fourth-order valence-electron chi connectivity index (χ4n) is 5.97. The molecule has 0 N–H and O–H groups in total. The fourth-order valence-corrected chi connectivity index (χ4v) is 5.97. The summed E-state index contributed by atoms with van der Waals surface area (Å²) in [6, 6.07) is 11.7. The van der Waals surface area contributed by atoms with Gasteiger partial charge < -0.3 is 0 Å². The van der Waals surface area contributed by atoms with Crippen LogP contribution in [0.4, 0.5) is 0 Å². The topological polar surface area (TPSA) is 11.0 Å². The van der Waals surface area contributed by atoms with Crippen LogP contribution in [-0.4, -0.2) is 18.0 Å². The number of aromatic nitrogens is 2. The van der Waals surface area contributed by atoms with Crippen molar-refractivity contribution in [3.63, 3.8) is 0 Å². The van der Waals surface area contributed by atoms with Crippen molar-refractivity contribution in [2.24, 2.45) is 11.8 Å². The Kier molecular flexibility index (Phi) is 4.67. The van der Waals surface area contributed by atoms with E-state index in [0.29, 0.717) is 17.9 Å². The first-order valence-corrected chi connectivity index (χ1v) is 10.6. The Morgan fingerprint density at radius 2 is 1.89 bits per heavy atom. The molecule has 0 aromatic carbocycles. The van der Waals surface area contributed by atoms with Gasteiger partial charge in [-0.25, -0.2) is 0 Å². The molecule has 0 bridgehead atoms. The molecular weight excluding hydrogens is 330 g/mol. The first-order valence-electron chi connectivity index (χ1n) is 10.6. The van der Waals surface area contributed by atoms with E-state index in [-0.39, 0.29) is 5.79 Å². The number of rotatable bonds is 1. The molecule has 27 heavy (non-hydrogen) atoms. The molecule has 4 atom stereocenters. The molecule has 0 radical (unpaired) electrons. The Labute approximate surface area is 164 Å². The van der Waals surface area contributed by atoms with Gasteiger partial charge >= 0.3 is 5.79 Å². The highest BCUT2D eigenvalue weighted by Gasteiger charge is 2.74. The molecule has 4 heterocycles. The Morgan fingerprint density at radius 3 is 2.67 bits per heavy atom. The van der Waals surface area contributed by atoms with E-state index in [1.807, 2.05) is 13.8 Å². The van der Waals surface area contributed by atoms with E-state index in [4.69, 9.17) is 0 Å². The average Bonchev–Trinajstić information content (AvgIpc) is 3.16. The third-order valence-electron chi connectivity index (χ3n) is 6.85. The van der Waals surface area contributed by atoms with E-state index in [1.165, 1.54) is 36.2 Å². The molecule has 3 heteroatoms. The van der Waals surface area contributed by atoms with E-state index in [0.717, 1.165) is 0 Å². The SMILES string of the molecule is CC.CCC1C2C=CCCC2C2(N1C)[n+]1ccccc1-c1c(C)ccc[n+]12. The van der Waals surface area contributed by atoms with Crippen LogP contribution in [0.1, 0.15) is 45.6 Å². The van der Waals surface area contributed by atoms with Gasteiger partial charge in [0, 0.05) is 42.8 Å². The number of pyridine rings is 2. The van der Waals surface area contributed by atoms with E-state index in [1.54, 1.807) is 0 Å². The van der Waals surface area contributed by atoms with Crippen molar-refractivity contribution >= 4 is 0 Å². The van der Waals surface area contributed by atoms with Crippen LogP contribution in [0.3, 0.4) is 0 Å². The van der Waals surface area contributed by atoms with Crippen LogP contribution in [0, 0.1) is 18.8 Å². The zero-order valence-corrected chi connectivity index (χ0v) is 17.4. The van der Waals surface area contributed by atoms with Crippen molar-refractivity contribution in [3.8, 4) is 11.4 Å². The lowest BCUT2D eigenvalue weighted by Crippen LogP contribution is -2.78. The molecule has 3 aliphatic rings. The lowest BCUT2D eigenvalue weighted by molar-refractivity contribution is -0.991. The minimum absolute atomic E-state index is 0.117. The highest BCUT2D eigenvalue weighted by atomic mass is 15.5. The number of aryl methyl sites for hydroxylation is 1. The van der Waals surface area contributed by atoms with Gasteiger partial charge in [0.2, 0.25) is 0 Å². The lowest BCUT2D eigenvalue weighted by Gasteiger charge is -2.28. The van der Waals surface area contributed by atoms with E-state index in [9.17, 15) is 0 Å². The first kappa shape index (κ1) is 18.4. The van der Waals surface area contributed by atoms with Gasteiger partial charge in [0.15, 0.2) is 12.4 Å². The van der Waals surface area contributed by atoms with Crippen molar-refractivity contribution in [2.75, 3.05) is 7.05 Å². The smallest absolute Gasteiger partial charge is 0.181 e. The maximum absolute atomic E-state index is 2.66. The van der Waals surface area contributed by atoms with Crippen LogP contribution in [0.15, 0.2) is 54.9 Å². The molecule has 0 saturated carbocycles. The first-order chi connectivity index (χ1) is 13.2. The summed E-state index contributed by atoms with van der Waals surface area (Å²) in [6.07, 6.45) is 13.1. The molecule has 1 aliphatic carbocycles. The minimum Gasteiger partial charge on any atom is -0.181 e. The monoisotopic (exact) mass is 363 g/mol. The summed E-state index contributed by atoms with van der Waals surface area (Å²) < 4.78 is 5.13. The van der Waals surface area contributed by atoms with Crippen molar-refractivity contribution in [3.05, 3.63) is 60.4 Å². The summed E-state index contributed by atoms with van der Waals surface area (Å²) in [5, 5.41) is 0. The summed E-state index contributed by atoms with van der Waals surface area (Å²) >= 11 is 0. The largest absolute Gasteiger partial charge is 0.432 e. The van der Waals surface area contributed by atoms with E-state index < -0.39 is 0 Å². The molecular formula is C24H33N3+2.